The summed E-state index contributed by atoms with van der Waals surface area (Å²) in [5.41, 5.74) is 6.38. The van der Waals surface area contributed by atoms with E-state index in [9.17, 15) is 9.18 Å². The summed E-state index contributed by atoms with van der Waals surface area (Å²) in [6.45, 7) is 4.22. The molecule has 1 aliphatic carbocycles. The lowest BCUT2D eigenvalue weighted by Crippen LogP contribution is -2.56. The zero-order valence-corrected chi connectivity index (χ0v) is 12.5. The molecule has 0 heterocycles. The SMILES string of the molecule is CCOC1CC(Nc2cc(C(N)=O)cc(F)c2C)C1OC. The Morgan fingerprint density at radius 2 is 2.24 bits per heavy atom. The van der Waals surface area contributed by atoms with Crippen LogP contribution >= 0.6 is 0 Å². The van der Waals surface area contributed by atoms with Gasteiger partial charge in [0.2, 0.25) is 5.91 Å². The molecule has 1 aromatic rings. The van der Waals surface area contributed by atoms with Gasteiger partial charge in [-0.05, 0) is 32.4 Å². The molecule has 0 aromatic heterocycles. The van der Waals surface area contributed by atoms with Crippen molar-refractivity contribution in [3.63, 3.8) is 0 Å². The first-order chi connectivity index (χ1) is 9.97. The average Bonchev–Trinajstić information content (AvgIpc) is 2.42. The number of hydrogen-bond acceptors (Lipinski definition) is 4. The van der Waals surface area contributed by atoms with Crippen molar-refractivity contribution in [2.75, 3.05) is 19.0 Å². The van der Waals surface area contributed by atoms with Crippen LogP contribution in [0.4, 0.5) is 10.1 Å². The summed E-state index contributed by atoms with van der Waals surface area (Å²) in [6.07, 6.45) is 0.723. The third kappa shape index (κ3) is 3.16. The monoisotopic (exact) mass is 296 g/mol. The molecule has 1 amide bonds. The van der Waals surface area contributed by atoms with Crippen LogP contribution in [-0.4, -0.2) is 37.9 Å². The Hall–Kier alpha value is -1.66. The number of amides is 1. The Bertz CT molecular complexity index is 536. The minimum atomic E-state index is -0.652. The molecule has 3 atom stereocenters. The van der Waals surface area contributed by atoms with Crippen LogP contribution in [0.5, 0.6) is 0 Å². The highest BCUT2D eigenvalue weighted by Crippen LogP contribution is 2.31. The van der Waals surface area contributed by atoms with Crippen LogP contribution in [0.2, 0.25) is 0 Å². The molecule has 3 unspecified atom stereocenters. The zero-order chi connectivity index (χ0) is 15.6. The van der Waals surface area contributed by atoms with Gasteiger partial charge in [-0.2, -0.15) is 0 Å². The van der Waals surface area contributed by atoms with Crippen molar-refractivity contribution in [1.29, 1.82) is 0 Å². The highest BCUT2D eigenvalue weighted by atomic mass is 19.1. The van der Waals surface area contributed by atoms with Crippen molar-refractivity contribution < 1.29 is 18.7 Å². The number of benzene rings is 1. The quantitative estimate of drug-likeness (QED) is 0.840. The van der Waals surface area contributed by atoms with Crippen molar-refractivity contribution in [3.8, 4) is 0 Å². The third-order valence-corrected chi connectivity index (χ3v) is 3.87. The van der Waals surface area contributed by atoms with Crippen LogP contribution in [0.3, 0.4) is 0 Å². The topological polar surface area (TPSA) is 73.6 Å². The van der Waals surface area contributed by atoms with Gasteiger partial charge < -0.3 is 20.5 Å². The van der Waals surface area contributed by atoms with E-state index in [0.717, 1.165) is 12.5 Å². The second-order valence-electron chi connectivity index (χ2n) is 5.18. The molecule has 1 aliphatic rings. The second-order valence-corrected chi connectivity index (χ2v) is 5.18. The molecule has 1 aromatic carbocycles. The fraction of sp³-hybridized carbons (Fsp3) is 0.533. The number of hydrogen-bond donors (Lipinski definition) is 2. The van der Waals surface area contributed by atoms with E-state index in [1.165, 1.54) is 0 Å². The number of anilines is 1. The largest absolute Gasteiger partial charge is 0.379 e. The van der Waals surface area contributed by atoms with E-state index in [1.54, 1.807) is 20.1 Å². The van der Waals surface area contributed by atoms with Crippen molar-refractivity contribution in [1.82, 2.24) is 0 Å². The molecule has 116 valence electrons. The number of primary amides is 1. The van der Waals surface area contributed by atoms with Crippen LogP contribution in [-0.2, 0) is 9.47 Å². The van der Waals surface area contributed by atoms with Gasteiger partial charge >= 0.3 is 0 Å². The maximum absolute atomic E-state index is 13.8. The van der Waals surface area contributed by atoms with Gasteiger partial charge in [-0.25, -0.2) is 4.39 Å². The molecule has 2 rings (SSSR count). The standard InChI is InChI=1S/C15H21FN2O3/c1-4-21-13-7-12(14(13)20-3)18-11-6-9(15(17)19)5-10(16)8(11)2/h5-6,12-14,18H,4,7H2,1-3H3,(H2,17,19). The first-order valence-corrected chi connectivity index (χ1v) is 6.98. The first kappa shape index (κ1) is 15.7. The molecular weight excluding hydrogens is 275 g/mol. The van der Waals surface area contributed by atoms with Gasteiger partial charge in [-0.3, -0.25) is 4.79 Å². The van der Waals surface area contributed by atoms with Gasteiger partial charge in [0.05, 0.1) is 12.1 Å². The summed E-state index contributed by atoms with van der Waals surface area (Å²) >= 11 is 0. The average molecular weight is 296 g/mol. The minimum Gasteiger partial charge on any atom is -0.379 e. The summed E-state index contributed by atoms with van der Waals surface area (Å²) in [4.78, 5) is 11.2. The lowest BCUT2D eigenvalue weighted by atomic mass is 9.84. The van der Waals surface area contributed by atoms with E-state index in [4.69, 9.17) is 15.2 Å². The molecule has 1 saturated carbocycles. The van der Waals surface area contributed by atoms with Gasteiger partial charge in [-0.1, -0.05) is 0 Å². The Morgan fingerprint density at radius 1 is 1.52 bits per heavy atom. The van der Waals surface area contributed by atoms with E-state index in [1.807, 2.05) is 6.92 Å². The summed E-state index contributed by atoms with van der Waals surface area (Å²) < 4.78 is 24.8. The molecule has 0 spiro atoms. The zero-order valence-electron chi connectivity index (χ0n) is 12.5. The number of nitrogens with two attached hydrogens (primary N) is 1. The molecule has 0 aliphatic heterocycles. The van der Waals surface area contributed by atoms with E-state index >= 15 is 0 Å². The van der Waals surface area contributed by atoms with E-state index < -0.39 is 11.7 Å². The minimum absolute atomic E-state index is 0.0211. The highest BCUT2D eigenvalue weighted by Gasteiger charge is 2.42. The number of carbonyl (C=O) groups excluding carboxylic acids is 1. The van der Waals surface area contributed by atoms with Crippen LogP contribution in [0, 0.1) is 12.7 Å². The van der Waals surface area contributed by atoms with Crippen molar-refractivity contribution in [2.24, 2.45) is 5.73 Å². The fourth-order valence-corrected chi connectivity index (χ4v) is 2.59. The lowest BCUT2D eigenvalue weighted by Gasteiger charge is -2.44. The van der Waals surface area contributed by atoms with Crippen LogP contribution < -0.4 is 11.1 Å². The maximum Gasteiger partial charge on any atom is 0.248 e. The summed E-state index contributed by atoms with van der Waals surface area (Å²) in [7, 11) is 1.62. The van der Waals surface area contributed by atoms with E-state index in [2.05, 4.69) is 5.32 Å². The molecule has 1 fully saturated rings. The molecule has 5 nitrogen and oxygen atoms in total. The lowest BCUT2D eigenvalue weighted by molar-refractivity contribution is -0.118. The van der Waals surface area contributed by atoms with Crippen molar-refractivity contribution in [2.45, 2.75) is 38.5 Å². The van der Waals surface area contributed by atoms with Crippen LogP contribution in [0.15, 0.2) is 12.1 Å². The molecule has 0 bridgehead atoms. The van der Waals surface area contributed by atoms with E-state index in [-0.39, 0.29) is 23.8 Å². The van der Waals surface area contributed by atoms with Gasteiger partial charge in [0.25, 0.3) is 0 Å². The van der Waals surface area contributed by atoms with Crippen molar-refractivity contribution >= 4 is 11.6 Å². The Labute approximate surface area is 123 Å². The number of nitrogens with one attached hydrogen (secondary N) is 1. The second kappa shape index (κ2) is 6.41. The maximum atomic E-state index is 13.8. The van der Waals surface area contributed by atoms with Crippen molar-refractivity contribution in [3.05, 3.63) is 29.1 Å². The molecule has 21 heavy (non-hydrogen) atoms. The van der Waals surface area contributed by atoms with Gasteiger partial charge in [0.1, 0.15) is 11.9 Å². The third-order valence-electron chi connectivity index (χ3n) is 3.87. The first-order valence-electron chi connectivity index (χ1n) is 6.98. The number of carbonyl (C=O) groups is 1. The predicted molar refractivity (Wildman–Crippen MR) is 77.9 cm³/mol. The summed E-state index contributed by atoms with van der Waals surface area (Å²) in [6, 6.07) is 2.75. The predicted octanol–water partition coefficient (Wildman–Crippen LogP) is 1.84. The highest BCUT2D eigenvalue weighted by molar-refractivity contribution is 5.94. The van der Waals surface area contributed by atoms with Gasteiger partial charge in [0.15, 0.2) is 0 Å². The Balaban J connectivity index is 2.15. The fourth-order valence-electron chi connectivity index (χ4n) is 2.59. The van der Waals surface area contributed by atoms with Gasteiger partial charge in [-0.15, -0.1) is 0 Å². The van der Waals surface area contributed by atoms with E-state index in [0.29, 0.717) is 17.9 Å². The number of halogens is 1. The number of methoxy groups -OCH3 is 1. The molecule has 0 saturated heterocycles. The summed E-state index contributed by atoms with van der Waals surface area (Å²) in [5.74, 6) is -1.11. The van der Waals surface area contributed by atoms with Crippen LogP contribution in [0.25, 0.3) is 0 Å². The summed E-state index contributed by atoms with van der Waals surface area (Å²) in [5, 5.41) is 3.22. The molecule has 6 heteroatoms. The molecular formula is C15H21FN2O3. The number of rotatable bonds is 6. The van der Waals surface area contributed by atoms with Gasteiger partial charge in [0, 0.05) is 30.5 Å². The number of ether oxygens (including phenoxy) is 2. The smallest absolute Gasteiger partial charge is 0.248 e. The van der Waals surface area contributed by atoms with Crippen LogP contribution in [0.1, 0.15) is 29.3 Å². The Morgan fingerprint density at radius 3 is 2.81 bits per heavy atom. The molecule has 0 radical (unpaired) electrons. The Kier molecular flexibility index (Phi) is 4.80. The normalized spacial score (nSPS) is 24.5. The molecule has 3 N–H and O–H groups in total.